The zero-order chi connectivity index (χ0) is 13.9. The highest BCUT2D eigenvalue weighted by Crippen LogP contribution is 2.25. The van der Waals surface area contributed by atoms with Crippen LogP contribution in [0.2, 0.25) is 5.02 Å². The van der Waals surface area contributed by atoms with Crippen LogP contribution >= 0.6 is 11.6 Å². The van der Waals surface area contributed by atoms with Gasteiger partial charge in [-0.3, -0.25) is 4.79 Å². The summed E-state index contributed by atoms with van der Waals surface area (Å²) in [6.45, 7) is 7.98. The Morgan fingerprint density at radius 3 is 2.22 bits per heavy atom. The maximum atomic E-state index is 12.5. The van der Waals surface area contributed by atoms with Gasteiger partial charge in [-0.2, -0.15) is 0 Å². The maximum Gasteiger partial charge on any atom is 0.258 e. The summed E-state index contributed by atoms with van der Waals surface area (Å²) in [7, 11) is 1.55. The molecule has 0 aliphatic heterocycles. The van der Waals surface area contributed by atoms with E-state index in [0.717, 1.165) is 0 Å². The fraction of sp³-hybridized carbons (Fsp3) is 0.500. The molecule has 0 aliphatic carbocycles. The molecule has 0 spiro atoms. The number of benzene rings is 1. The van der Waals surface area contributed by atoms with E-state index in [1.54, 1.807) is 25.3 Å². The molecule has 0 fully saturated rings. The second-order valence-electron chi connectivity index (χ2n) is 4.74. The van der Waals surface area contributed by atoms with Crippen LogP contribution in [0.15, 0.2) is 18.2 Å². The highest BCUT2D eigenvalue weighted by Gasteiger charge is 2.24. The highest BCUT2D eigenvalue weighted by molar-refractivity contribution is 6.31. The maximum absolute atomic E-state index is 12.5. The fourth-order valence-corrected chi connectivity index (χ4v) is 2.22. The first-order valence-corrected chi connectivity index (χ1v) is 6.42. The quantitative estimate of drug-likeness (QED) is 0.836. The number of hydrogen-bond donors (Lipinski definition) is 0. The molecule has 0 heterocycles. The number of amides is 1. The summed E-state index contributed by atoms with van der Waals surface area (Å²) in [6.07, 6.45) is 0. The van der Waals surface area contributed by atoms with Gasteiger partial charge in [0, 0.05) is 17.1 Å². The summed E-state index contributed by atoms with van der Waals surface area (Å²) in [5, 5.41) is 0.534. The molecule has 0 aliphatic rings. The molecule has 4 heteroatoms. The van der Waals surface area contributed by atoms with Crippen molar-refractivity contribution >= 4 is 17.5 Å². The van der Waals surface area contributed by atoms with E-state index in [1.807, 2.05) is 32.6 Å². The van der Waals surface area contributed by atoms with Crippen molar-refractivity contribution in [3.8, 4) is 5.75 Å². The Labute approximate surface area is 114 Å². The van der Waals surface area contributed by atoms with Crippen LogP contribution in [0.1, 0.15) is 38.1 Å². The highest BCUT2D eigenvalue weighted by atomic mass is 35.5. The number of hydrogen-bond acceptors (Lipinski definition) is 2. The minimum atomic E-state index is -0.0562. The molecule has 1 aromatic carbocycles. The summed E-state index contributed by atoms with van der Waals surface area (Å²) in [4.78, 5) is 14.4. The van der Waals surface area contributed by atoms with Gasteiger partial charge in [0.2, 0.25) is 0 Å². The molecule has 1 amide bonds. The number of carbonyl (C=O) groups excluding carboxylic acids is 1. The topological polar surface area (TPSA) is 29.5 Å². The summed E-state index contributed by atoms with van der Waals surface area (Å²) in [5.74, 6) is 0.495. The molecule has 3 nitrogen and oxygen atoms in total. The van der Waals surface area contributed by atoms with Gasteiger partial charge in [-0.25, -0.2) is 0 Å². The van der Waals surface area contributed by atoms with Crippen molar-refractivity contribution in [2.45, 2.75) is 39.8 Å². The third-order valence-electron chi connectivity index (χ3n) is 2.74. The third kappa shape index (κ3) is 3.16. The van der Waals surface area contributed by atoms with Crippen molar-refractivity contribution in [1.82, 2.24) is 4.90 Å². The van der Waals surface area contributed by atoms with Gasteiger partial charge in [0.05, 0.1) is 12.7 Å². The first-order valence-electron chi connectivity index (χ1n) is 6.04. The molecule has 0 bridgehead atoms. The van der Waals surface area contributed by atoms with Gasteiger partial charge in [-0.15, -0.1) is 0 Å². The van der Waals surface area contributed by atoms with Gasteiger partial charge in [0.25, 0.3) is 5.91 Å². The molecule has 0 saturated carbocycles. The molecule has 0 radical (unpaired) electrons. The second-order valence-corrected chi connectivity index (χ2v) is 5.18. The number of ether oxygens (including phenoxy) is 1. The Balaban J connectivity index is 3.19. The van der Waals surface area contributed by atoms with E-state index >= 15 is 0 Å². The molecular formula is C14H20ClNO2. The van der Waals surface area contributed by atoms with Gasteiger partial charge in [-0.05, 0) is 45.9 Å². The smallest absolute Gasteiger partial charge is 0.258 e. The first kappa shape index (κ1) is 14.8. The number of rotatable bonds is 4. The minimum absolute atomic E-state index is 0.0562. The molecule has 0 saturated heterocycles. The lowest BCUT2D eigenvalue weighted by Gasteiger charge is -2.31. The van der Waals surface area contributed by atoms with E-state index in [0.29, 0.717) is 16.3 Å². The lowest BCUT2D eigenvalue weighted by molar-refractivity contribution is 0.0640. The summed E-state index contributed by atoms with van der Waals surface area (Å²) in [5.41, 5.74) is 0.507. The van der Waals surface area contributed by atoms with Crippen LogP contribution in [0.3, 0.4) is 0 Å². The number of nitrogens with zero attached hydrogens (tertiary/aromatic N) is 1. The lowest BCUT2D eigenvalue weighted by Crippen LogP contribution is -2.42. The van der Waals surface area contributed by atoms with Crippen LogP contribution in [0.5, 0.6) is 5.75 Å². The number of carbonyl (C=O) groups is 1. The van der Waals surface area contributed by atoms with E-state index in [-0.39, 0.29) is 18.0 Å². The predicted octanol–water partition coefficient (Wildman–Crippen LogP) is 3.61. The first-order chi connectivity index (χ1) is 8.38. The number of halogens is 1. The van der Waals surface area contributed by atoms with Gasteiger partial charge in [0.1, 0.15) is 5.75 Å². The SMILES string of the molecule is COc1ccc(Cl)cc1C(=O)N(C(C)C)C(C)C. The fourth-order valence-electron chi connectivity index (χ4n) is 2.05. The third-order valence-corrected chi connectivity index (χ3v) is 2.97. The second kappa shape index (κ2) is 6.10. The van der Waals surface area contributed by atoms with E-state index in [9.17, 15) is 4.79 Å². The van der Waals surface area contributed by atoms with E-state index in [1.165, 1.54) is 0 Å². The summed E-state index contributed by atoms with van der Waals surface area (Å²) in [6, 6.07) is 5.34. The molecular weight excluding hydrogens is 250 g/mol. The van der Waals surface area contributed by atoms with Crippen molar-refractivity contribution in [3.63, 3.8) is 0 Å². The van der Waals surface area contributed by atoms with E-state index in [4.69, 9.17) is 16.3 Å². The monoisotopic (exact) mass is 269 g/mol. The average molecular weight is 270 g/mol. The van der Waals surface area contributed by atoms with Gasteiger partial charge < -0.3 is 9.64 Å². The van der Waals surface area contributed by atoms with Crippen molar-refractivity contribution in [2.75, 3.05) is 7.11 Å². The minimum Gasteiger partial charge on any atom is -0.496 e. The van der Waals surface area contributed by atoms with Crippen molar-refractivity contribution in [1.29, 1.82) is 0 Å². The van der Waals surface area contributed by atoms with Gasteiger partial charge in [-0.1, -0.05) is 11.6 Å². The van der Waals surface area contributed by atoms with Crippen LogP contribution in [0, 0.1) is 0 Å². The average Bonchev–Trinajstić information content (AvgIpc) is 2.27. The molecule has 0 unspecified atom stereocenters. The van der Waals surface area contributed by atoms with Crippen LogP contribution in [0.4, 0.5) is 0 Å². The van der Waals surface area contributed by atoms with E-state index < -0.39 is 0 Å². The molecule has 0 atom stereocenters. The Morgan fingerprint density at radius 2 is 1.78 bits per heavy atom. The summed E-state index contributed by atoms with van der Waals surface area (Å²) >= 11 is 5.96. The molecule has 0 aromatic heterocycles. The standard InChI is InChI=1S/C14H20ClNO2/c1-9(2)16(10(3)4)14(17)12-8-11(15)6-7-13(12)18-5/h6-10H,1-5H3. The molecule has 100 valence electrons. The Kier molecular flexibility index (Phi) is 5.03. The van der Waals surface area contributed by atoms with Crippen LogP contribution in [-0.2, 0) is 0 Å². The van der Waals surface area contributed by atoms with Crippen molar-refractivity contribution < 1.29 is 9.53 Å². The lowest BCUT2D eigenvalue weighted by atomic mass is 10.1. The van der Waals surface area contributed by atoms with Crippen LogP contribution in [-0.4, -0.2) is 30.0 Å². The predicted molar refractivity (Wildman–Crippen MR) is 74.4 cm³/mol. The Bertz CT molecular complexity index is 422. The molecule has 1 aromatic rings. The molecule has 18 heavy (non-hydrogen) atoms. The van der Waals surface area contributed by atoms with Crippen molar-refractivity contribution in [3.05, 3.63) is 28.8 Å². The summed E-state index contributed by atoms with van der Waals surface area (Å²) < 4.78 is 5.22. The van der Waals surface area contributed by atoms with E-state index in [2.05, 4.69) is 0 Å². The number of methoxy groups -OCH3 is 1. The zero-order valence-corrected chi connectivity index (χ0v) is 12.3. The normalized spacial score (nSPS) is 10.9. The van der Waals surface area contributed by atoms with Crippen LogP contribution in [0.25, 0.3) is 0 Å². The van der Waals surface area contributed by atoms with Crippen molar-refractivity contribution in [2.24, 2.45) is 0 Å². The zero-order valence-electron chi connectivity index (χ0n) is 11.5. The molecule has 1 rings (SSSR count). The largest absolute Gasteiger partial charge is 0.496 e. The van der Waals surface area contributed by atoms with Gasteiger partial charge in [0.15, 0.2) is 0 Å². The Hall–Kier alpha value is -1.22. The Morgan fingerprint density at radius 1 is 1.22 bits per heavy atom. The van der Waals surface area contributed by atoms with Crippen LogP contribution < -0.4 is 4.74 Å². The van der Waals surface area contributed by atoms with Gasteiger partial charge >= 0.3 is 0 Å². The molecule has 0 N–H and O–H groups in total.